The summed E-state index contributed by atoms with van der Waals surface area (Å²) in [4.78, 5) is 18.6. The Hall–Kier alpha value is -3.09. The van der Waals surface area contributed by atoms with Crippen molar-refractivity contribution in [2.24, 2.45) is 0 Å². The van der Waals surface area contributed by atoms with E-state index in [0.717, 1.165) is 29.8 Å². The smallest absolute Gasteiger partial charge is 0.321 e. The average Bonchev–Trinajstić information content (AvgIpc) is 3.11. The van der Waals surface area contributed by atoms with Crippen LogP contribution in [0.4, 0.5) is 14.9 Å². The molecule has 1 saturated heterocycles. The van der Waals surface area contributed by atoms with Crippen LogP contribution < -0.4 is 10.1 Å². The maximum absolute atomic E-state index is 13.3. The predicted octanol–water partition coefficient (Wildman–Crippen LogP) is 4.05. The summed E-state index contributed by atoms with van der Waals surface area (Å²) < 4.78 is 20.6. The first-order chi connectivity index (χ1) is 13.1. The first kappa shape index (κ1) is 17.3. The summed E-state index contributed by atoms with van der Waals surface area (Å²) >= 11 is 0. The SMILES string of the molecule is COc1ccc(NC(=O)N2CCC(n3cnc4cc(F)ccc43)CC2)cc1. The third kappa shape index (κ3) is 3.58. The van der Waals surface area contributed by atoms with E-state index in [9.17, 15) is 9.18 Å². The second kappa shape index (κ2) is 7.26. The fourth-order valence-corrected chi connectivity index (χ4v) is 3.52. The second-order valence-corrected chi connectivity index (χ2v) is 6.66. The van der Waals surface area contributed by atoms with Gasteiger partial charge in [-0.15, -0.1) is 0 Å². The van der Waals surface area contributed by atoms with E-state index < -0.39 is 0 Å². The van der Waals surface area contributed by atoms with E-state index in [1.807, 2.05) is 29.2 Å². The lowest BCUT2D eigenvalue weighted by Crippen LogP contribution is -2.41. The van der Waals surface area contributed by atoms with Gasteiger partial charge in [-0.3, -0.25) is 0 Å². The van der Waals surface area contributed by atoms with Crippen LogP contribution in [0.1, 0.15) is 18.9 Å². The lowest BCUT2D eigenvalue weighted by atomic mass is 10.0. The van der Waals surface area contributed by atoms with Crippen LogP contribution in [0, 0.1) is 5.82 Å². The Kier molecular flexibility index (Phi) is 4.66. The van der Waals surface area contributed by atoms with Crippen molar-refractivity contribution in [2.45, 2.75) is 18.9 Å². The molecule has 2 heterocycles. The third-order valence-electron chi connectivity index (χ3n) is 5.02. The number of ether oxygens (including phenoxy) is 1. The Morgan fingerprint density at radius 1 is 1.19 bits per heavy atom. The third-order valence-corrected chi connectivity index (χ3v) is 5.02. The maximum atomic E-state index is 13.3. The first-order valence-electron chi connectivity index (χ1n) is 8.96. The Morgan fingerprint density at radius 3 is 2.63 bits per heavy atom. The van der Waals surface area contributed by atoms with Crippen LogP contribution in [-0.4, -0.2) is 40.7 Å². The molecule has 2 amide bonds. The molecular formula is C20H21FN4O2. The molecule has 3 aromatic rings. The number of piperidine rings is 1. The normalized spacial score (nSPS) is 15.1. The monoisotopic (exact) mass is 368 g/mol. The second-order valence-electron chi connectivity index (χ2n) is 6.66. The Balaban J connectivity index is 1.38. The highest BCUT2D eigenvalue weighted by Gasteiger charge is 2.24. The van der Waals surface area contributed by atoms with Crippen LogP contribution in [0.2, 0.25) is 0 Å². The number of amides is 2. The number of nitrogens with one attached hydrogen (secondary N) is 1. The number of urea groups is 1. The Morgan fingerprint density at radius 2 is 1.93 bits per heavy atom. The van der Waals surface area contributed by atoms with Crippen LogP contribution in [-0.2, 0) is 0 Å². The summed E-state index contributed by atoms with van der Waals surface area (Å²) in [5.74, 6) is 0.471. The molecule has 1 fully saturated rings. The molecule has 0 atom stereocenters. The minimum absolute atomic E-state index is 0.101. The predicted molar refractivity (Wildman–Crippen MR) is 102 cm³/mol. The number of likely N-dealkylation sites (tertiary alicyclic amines) is 1. The molecule has 0 unspecified atom stereocenters. The first-order valence-corrected chi connectivity index (χ1v) is 8.96. The van der Waals surface area contributed by atoms with E-state index in [-0.39, 0.29) is 17.9 Å². The van der Waals surface area contributed by atoms with Gasteiger partial charge in [0.1, 0.15) is 11.6 Å². The van der Waals surface area contributed by atoms with Crippen molar-refractivity contribution in [1.29, 1.82) is 0 Å². The molecule has 2 aromatic carbocycles. The summed E-state index contributed by atoms with van der Waals surface area (Å²) in [6, 6.07) is 12.1. The average molecular weight is 368 g/mol. The van der Waals surface area contributed by atoms with Crippen LogP contribution in [0.25, 0.3) is 11.0 Å². The van der Waals surface area contributed by atoms with Crippen LogP contribution in [0.3, 0.4) is 0 Å². The zero-order chi connectivity index (χ0) is 18.8. The number of nitrogens with zero attached hydrogens (tertiary/aromatic N) is 3. The molecule has 140 valence electrons. The number of halogens is 1. The lowest BCUT2D eigenvalue weighted by molar-refractivity contribution is 0.184. The number of carbonyl (C=O) groups excluding carboxylic acids is 1. The van der Waals surface area contributed by atoms with Gasteiger partial charge < -0.3 is 19.5 Å². The Bertz CT molecular complexity index is 946. The van der Waals surface area contributed by atoms with E-state index in [0.29, 0.717) is 18.6 Å². The summed E-state index contributed by atoms with van der Waals surface area (Å²) in [6.07, 6.45) is 3.43. The van der Waals surface area contributed by atoms with Gasteiger partial charge in [0.25, 0.3) is 0 Å². The van der Waals surface area contributed by atoms with Gasteiger partial charge in [0.05, 0.1) is 24.5 Å². The standard InChI is InChI=1S/C20H21FN4O2/c1-27-17-5-3-15(4-6-17)23-20(26)24-10-8-16(9-11-24)25-13-22-18-12-14(21)2-7-19(18)25/h2-7,12-13,16H,8-11H2,1H3,(H,23,26). The topological polar surface area (TPSA) is 59.4 Å². The van der Waals surface area contributed by atoms with Crippen molar-refractivity contribution in [2.75, 3.05) is 25.5 Å². The van der Waals surface area contributed by atoms with Crippen molar-refractivity contribution >= 4 is 22.8 Å². The van der Waals surface area contributed by atoms with E-state index in [2.05, 4.69) is 14.9 Å². The van der Waals surface area contributed by atoms with Crippen LogP contribution >= 0.6 is 0 Å². The van der Waals surface area contributed by atoms with Crippen LogP contribution in [0.5, 0.6) is 5.75 Å². The maximum Gasteiger partial charge on any atom is 0.321 e. The van der Waals surface area contributed by atoms with Crippen molar-refractivity contribution in [3.05, 3.63) is 54.6 Å². The lowest BCUT2D eigenvalue weighted by Gasteiger charge is -2.32. The minimum atomic E-state index is -0.280. The summed E-state index contributed by atoms with van der Waals surface area (Å²) in [7, 11) is 1.61. The number of hydrogen-bond donors (Lipinski definition) is 1. The molecule has 1 N–H and O–H groups in total. The number of hydrogen-bond acceptors (Lipinski definition) is 3. The largest absolute Gasteiger partial charge is 0.497 e. The molecule has 1 aliphatic heterocycles. The zero-order valence-electron chi connectivity index (χ0n) is 15.1. The number of carbonyl (C=O) groups is 1. The summed E-state index contributed by atoms with van der Waals surface area (Å²) in [5, 5.41) is 2.92. The molecule has 27 heavy (non-hydrogen) atoms. The van der Waals surface area contributed by atoms with Gasteiger partial charge in [-0.1, -0.05) is 0 Å². The fourth-order valence-electron chi connectivity index (χ4n) is 3.52. The number of imidazole rings is 1. The highest BCUT2D eigenvalue weighted by molar-refractivity contribution is 5.89. The van der Waals surface area contributed by atoms with Gasteiger partial charge in [0.15, 0.2) is 0 Å². The highest BCUT2D eigenvalue weighted by atomic mass is 19.1. The number of anilines is 1. The van der Waals surface area contributed by atoms with E-state index in [1.54, 1.807) is 19.5 Å². The van der Waals surface area contributed by atoms with Gasteiger partial charge in [-0.2, -0.15) is 0 Å². The quantitative estimate of drug-likeness (QED) is 0.759. The van der Waals surface area contributed by atoms with Gasteiger partial charge >= 0.3 is 6.03 Å². The number of rotatable bonds is 3. The molecule has 1 aromatic heterocycles. The molecule has 0 spiro atoms. The summed E-state index contributed by atoms with van der Waals surface area (Å²) in [6.45, 7) is 1.32. The van der Waals surface area contributed by atoms with Gasteiger partial charge in [-0.05, 0) is 49.2 Å². The number of benzene rings is 2. The molecule has 7 heteroatoms. The van der Waals surface area contributed by atoms with Crippen molar-refractivity contribution < 1.29 is 13.9 Å². The van der Waals surface area contributed by atoms with E-state index in [1.165, 1.54) is 12.1 Å². The molecule has 6 nitrogen and oxygen atoms in total. The molecule has 0 saturated carbocycles. The fraction of sp³-hybridized carbons (Fsp3) is 0.300. The molecular weight excluding hydrogens is 347 g/mol. The number of methoxy groups -OCH3 is 1. The molecule has 0 aliphatic carbocycles. The van der Waals surface area contributed by atoms with Gasteiger partial charge in [0, 0.05) is 30.9 Å². The Labute approximate surface area is 156 Å². The van der Waals surface area contributed by atoms with Crippen molar-refractivity contribution in [3.8, 4) is 5.75 Å². The van der Waals surface area contributed by atoms with Gasteiger partial charge in [0.2, 0.25) is 0 Å². The molecule has 1 aliphatic rings. The van der Waals surface area contributed by atoms with Crippen molar-refractivity contribution in [3.63, 3.8) is 0 Å². The van der Waals surface area contributed by atoms with Gasteiger partial charge in [-0.25, -0.2) is 14.2 Å². The minimum Gasteiger partial charge on any atom is -0.497 e. The number of fused-ring (bicyclic) bond motifs is 1. The number of aromatic nitrogens is 2. The zero-order valence-corrected chi connectivity index (χ0v) is 15.1. The molecule has 4 rings (SSSR count). The van der Waals surface area contributed by atoms with E-state index in [4.69, 9.17) is 4.74 Å². The molecule has 0 radical (unpaired) electrons. The van der Waals surface area contributed by atoms with E-state index >= 15 is 0 Å². The van der Waals surface area contributed by atoms with Crippen molar-refractivity contribution in [1.82, 2.24) is 14.5 Å². The molecule has 0 bridgehead atoms. The highest BCUT2D eigenvalue weighted by Crippen LogP contribution is 2.27. The van der Waals surface area contributed by atoms with Crippen LogP contribution in [0.15, 0.2) is 48.8 Å². The summed E-state index contributed by atoms with van der Waals surface area (Å²) in [5.41, 5.74) is 2.33.